The standard InChI is InChI=1S/C15H32N2/c1-11(2)14-9-15(10-14)16-7-8-17(12(3)4)13(5)6/h11-16H,7-10H2,1-6H3. The molecule has 1 aliphatic rings. The van der Waals surface area contributed by atoms with E-state index < -0.39 is 0 Å². The second kappa shape index (κ2) is 6.75. The van der Waals surface area contributed by atoms with E-state index in [9.17, 15) is 0 Å². The van der Waals surface area contributed by atoms with Crippen LogP contribution >= 0.6 is 0 Å². The van der Waals surface area contributed by atoms with Crippen LogP contribution in [0.25, 0.3) is 0 Å². The Hall–Kier alpha value is -0.0800. The summed E-state index contributed by atoms with van der Waals surface area (Å²) < 4.78 is 0. The lowest BCUT2D eigenvalue weighted by Gasteiger charge is -2.39. The molecular formula is C15H32N2. The molecule has 0 aromatic rings. The highest BCUT2D eigenvalue weighted by Crippen LogP contribution is 2.33. The molecule has 17 heavy (non-hydrogen) atoms. The van der Waals surface area contributed by atoms with Crippen molar-refractivity contribution in [1.82, 2.24) is 10.2 Å². The molecule has 0 saturated heterocycles. The van der Waals surface area contributed by atoms with Crippen molar-refractivity contribution in [3.8, 4) is 0 Å². The zero-order valence-electron chi connectivity index (χ0n) is 12.7. The molecule has 0 aromatic heterocycles. The first kappa shape index (κ1) is 15.0. The average molecular weight is 240 g/mol. The summed E-state index contributed by atoms with van der Waals surface area (Å²) in [5.74, 6) is 1.84. The Morgan fingerprint density at radius 2 is 1.53 bits per heavy atom. The maximum absolute atomic E-state index is 3.70. The predicted octanol–water partition coefficient (Wildman–Crippen LogP) is 3.13. The molecule has 0 spiro atoms. The lowest BCUT2D eigenvalue weighted by Crippen LogP contribution is -2.47. The van der Waals surface area contributed by atoms with Gasteiger partial charge in [0, 0.05) is 31.2 Å². The second-order valence-corrected chi connectivity index (χ2v) is 6.55. The summed E-state index contributed by atoms with van der Waals surface area (Å²) in [4.78, 5) is 2.56. The minimum absolute atomic E-state index is 0.654. The van der Waals surface area contributed by atoms with Gasteiger partial charge in [0.05, 0.1) is 0 Å². The van der Waals surface area contributed by atoms with E-state index in [1.807, 2.05) is 0 Å². The highest BCUT2D eigenvalue weighted by molar-refractivity contribution is 4.86. The van der Waals surface area contributed by atoms with E-state index >= 15 is 0 Å². The van der Waals surface area contributed by atoms with Crippen LogP contribution in [0.2, 0.25) is 0 Å². The zero-order valence-corrected chi connectivity index (χ0v) is 12.7. The van der Waals surface area contributed by atoms with Gasteiger partial charge in [-0.2, -0.15) is 0 Å². The molecule has 0 bridgehead atoms. The van der Waals surface area contributed by atoms with Crippen molar-refractivity contribution >= 4 is 0 Å². The van der Waals surface area contributed by atoms with E-state index in [4.69, 9.17) is 0 Å². The minimum Gasteiger partial charge on any atom is -0.313 e. The summed E-state index contributed by atoms with van der Waals surface area (Å²) in [6.45, 7) is 16.2. The van der Waals surface area contributed by atoms with Crippen LogP contribution in [0.1, 0.15) is 54.4 Å². The predicted molar refractivity (Wildman–Crippen MR) is 76.3 cm³/mol. The highest BCUT2D eigenvalue weighted by atomic mass is 15.2. The molecule has 0 atom stereocenters. The van der Waals surface area contributed by atoms with Gasteiger partial charge in [0.25, 0.3) is 0 Å². The van der Waals surface area contributed by atoms with Gasteiger partial charge in [0.1, 0.15) is 0 Å². The number of nitrogens with zero attached hydrogens (tertiary/aromatic N) is 1. The van der Waals surface area contributed by atoms with E-state index in [-0.39, 0.29) is 0 Å². The van der Waals surface area contributed by atoms with E-state index in [0.717, 1.165) is 24.4 Å². The van der Waals surface area contributed by atoms with Crippen molar-refractivity contribution < 1.29 is 0 Å². The smallest absolute Gasteiger partial charge is 0.0112 e. The Morgan fingerprint density at radius 3 is 1.94 bits per heavy atom. The lowest BCUT2D eigenvalue weighted by molar-refractivity contribution is 0.144. The first-order valence-electron chi connectivity index (χ1n) is 7.41. The van der Waals surface area contributed by atoms with Crippen molar-refractivity contribution in [3.05, 3.63) is 0 Å². The maximum Gasteiger partial charge on any atom is 0.0112 e. The number of hydrogen-bond acceptors (Lipinski definition) is 2. The summed E-state index contributed by atoms with van der Waals surface area (Å²) in [7, 11) is 0. The van der Waals surface area contributed by atoms with Crippen LogP contribution in [0.5, 0.6) is 0 Å². The van der Waals surface area contributed by atoms with E-state index in [2.05, 4.69) is 51.8 Å². The zero-order chi connectivity index (χ0) is 13.0. The fourth-order valence-corrected chi connectivity index (χ4v) is 2.88. The van der Waals surface area contributed by atoms with Crippen molar-refractivity contribution in [1.29, 1.82) is 0 Å². The molecule has 1 fully saturated rings. The molecule has 1 N–H and O–H groups in total. The molecule has 102 valence electrons. The SMILES string of the molecule is CC(C)C1CC(NCCN(C(C)C)C(C)C)C1. The number of rotatable bonds is 7. The van der Waals surface area contributed by atoms with Gasteiger partial charge in [-0.15, -0.1) is 0 Å². The van der Waals surface area contributed by atoms with Crippen LogP contribution in [0.3, 0.4) is 0 Å². The van der Waals surface area contributed by atoms with Gasteiger partial charge in [-0.25, -0.2) is 0 Å². The molecule has 0 aromatic carbocycles. The second-order valence-electron chi connectivity index (χ2n) is 6.55. The Labute approximate surface area is 108 Å². The number of nitrogens with one attached hydrogen (secondary N) is 1. The van der Waals surface area contributed by atoms with Crippen LogP contribution in [-0.2, 0) is 0 Å². The van der Waals surface area contributed by atoms with Gasteiger partial charge >= 0.3 is 0 Å². The van der Waals surface area contributed by atoms with E-state index in [0.29, 0.717) is 12.1 Å². The molecule has 0 heterocycles. The molecule has 0 aliphatic heterocycles. The molecule has 1 saturated carbocycles. The third-order valence-electron chi connectivity index (χ3n) is 4.25. The molecule has 0 radical (unpaired) electrons. The van der Waals surface area contributed by atoms with Crippen molar-refractivity contribution in [2.24, 2.45) is 11.8 Å². The lowest BCUT2D eigenvalue weighted by atomic mass is 9.74. The molecule has 2 nitrogen and oxygen atoms in total. The van der Waals surface area contributed by atoms with Gasteiger partial charge in [0.15, 0.2) is 0 Å². The Morgan fingerprint density at radius 1 is 1.00 bits per heavy atom. The molecule has 1 aliphatic carbocycles. The van der Waals surface area contributed by atoms with Gasteiger partial charge in [-0.1, -0.05) is 13.8 Å². The van der Waals surface area contributed by atoms with Crippen LogP contribution in [0.4, 0.5) is 0 Å². The van der Waals surface area contributed by atoms with Gasteiger partial charge in [-0.05, 0) is 52.4 Å². The highest BCUT2D eigenvalue weighted by Gasteiger charge is 2.30. The van der Waals surface area contributed by atoms with Crippen molar-refractivity contribution in [3.63, 3.8) is 0 Å². The van der Waals surface area contributed by atoms with Crippen molar-refractivity contribution in [2.45, 2.75) is 72.5 Å². The van der Waals surface area contributed by atoms with E-state index in [1.165, 1.54) is 19.4 Å². The molecule has 1 rings (SSSR count). The maximum atomic E-state index is 3.70. The first-order chi connectivity index (χ1) is 7.91. The average Bonchev–Trinajstić information content (AvgIpc) is 2.12. The summed E-state index contributed by atoms with van der Waals surface area (Å²) in [6, 6.07) is 2.10. The van der Waals surface area contributed by atoms with Crippen LogP contribution in [0, 0.1) is 11.8 Å². The monoisotopic (exact) mass is 240 g/mol. The third-order valence-corrected chi connectivity index (χ3v) is 4.25. The normalized spacial score (nSPS) is 25.1. The fourth-order valence-electron chi connectivity index (χ4n) is 2.88. The number of hydrogen-bond donors (Lipinski definition) is 1. The topological polar surface area (TPSA) is 15.3 Å². The summed E-state index contributed by atoms with van der Waals surface area (Å²) in [5, 5.41) is 3.70. The molecule has 0 amide bonds. The summed E-state index contributed by atoms with van der Waals surface area (Å²) >= 11 is 0. The van der Waals surface area contributed by atoms with Crippen LogP contribution in [0.15, 0.2) is 0 Å². The van der Waals surface area contributed by atoms with Crippen LogP contribution < -0.4 is 5.32 Å². The summed E-state index contributed by atoms with van der Waals surface area (Å²) in [6.07, 6.45) is 2.78. The van der Waals surface area contributed by atoms with Crippen LogP contribution in [-0.4, -0.2) is 36.1 Å². The Bertz CT molecular complexity index is 197. The minimum atomic E-state index is 0.654. The van der Waals surface area contributed by atoms with Gasteiger partial charge < -0.3 is 5.32 Å². The largest absolute Gasteiger partial charge is 0.313 e. The van der Waals surface area contributed by atoms with Crippen molar-refractivity contribution in [2.75, 3.05) is 13.1 Å². The van der Waals surface area contributed by atoms with E-state index in [1.54, 1.807) is 0 Å². The first-order valence-corrected chi connectivity index (χ1v) is 7.41. The third kappa shape index (κ3) is 4.59. The molecule has 2 heteroatoms. The van der Waals surface area contributed by atoms with Gasteiger partial charge in [-0.3, -0.25) is 4.90 Å². The quantitative estimate of drug-likeness (QED) is 0.735. The Balaban J connectivity index is 2.12. The fraction of sp³-hybridized carbons (Fsp3) is 1.00. The summed E-state index contributed by atoms with van der Waals surface area (Å²) in [5.41, 5.74) is 0. The Kier molecular flexibility index (Phi) is 5.94. The molecule has 0 unspecified atom stereocenters. The van der Waals surface area contributed by atoms with Gasteiger partial charge in [0.2, 0.25) is 0 Å². The molecular weight excluding hydrogens is 208 g/mol.